The van der Waals surface area contributed by atoms with Gasteiger partial charge in [-0.1, -0.05) is 6.07 Å². The van der Waals surface area contributed by atoms with Crippen LogP contribution in [0.15, 0.2) is 42.5 Å². The Kier molecular flexibility index (Phi) is 3.14. The molecule has 0 bridgehead atoms. The first-order chi connectivity index (χ1) is 8.16. The molecule has 0 spiro atoms. The van der Waals surface area contributed by atoms with Crippen LogP contribution < -0.4 is 11.1 Å². The summed E-state index contributed by atoms with van der Waals surface area (Å²) in [4.78, 5) is 0. The zero-order chi connectivity index (χ0) is 12.3. The summed E-state index contributed by atoms with van der Waals surface area (Å²) in [5, 5.41) is 12.7. The molecule has 0 heterocycles. The summed E-state index contributed by atoms with van der Waals surface area (Å²) in [7, 11) is 0. The van der Waals surface area contributed by atoms with Gasteiger partial charge in [-0.25, -0.2) is 4.39 Å². The number of hydrogen-bond acceptors (Lipinski definition) is 3. The molecular weight excluding hydrogens is 219 g/mol. The average molecular weight is 232 g/mol. The smallest absolute Gasteiger partial charge is 0.123 e. The van der Waals surface area contributed by atoms with Crippen LogP contribution in [-0.2, 0) is 6.54 Å². The van der Waals surface area contributed by atoms with E-state index in [0.717, 1.165) is 5.69 Å². The number of phenolic OH excluding ortho intramolecular Hbond substituents is 1. The van der Waals surface area contributed by atoms with E-state index < -0.39 is 0 Å². The van der Waals surface area contributed by atoms with Gasteiger partial charge in [0.1, 0.15) is 11.6 Å². The Morgan fingerprint density at radius 3 is 2.47 bits per heavy atom. The molecule has 0 amide bonds. The van der Waals surface area contributed by atoms with Crippen LogP contribution in [-0.4, -0.2) is 5.11 Å². The average Bonchev–Trinajstić information content (AvgIpc) is 2.31. The molecule has 2 rings (SSSR count). The number of rotatable bonds is 3. The fourth-order valence-electron chi connectivity index (χ4n) is 1.54. The van der Waals surface area contributed by atoms with Crippen molar-refractivity contribution < 1.29 is 9.50 Å². The number of nitrogen functional groups attached to an aromatic ring is 1. The first kappa shape index (κ1) is 11.3. The van der Waals surface area contributed by atoms with Crippen LogP contribution in [0.4, 0.5) is 15.8 Å². The Bertz CT molecular complexity index is 491. The molecule has 0 aliphatic rings. The Morgan fingerprint density at radius 1 is 1.12 bits per heavy atom. The van der Waals surface area contributed by atoms with Crippen molar-refractivity contribution in [2.75, 3.05) is 11.1 Å². The molecular formula is C13H13FN2O. The minimum atomic E-state index is -0.280. The molecule has 0 radical (unpaired) electrons. The van der Waals surface area contributed by atoms with E-state index in [1.807, 2.05) is 0 Å². The number of anilines is 2. The first-order valence-corrected chi connectivity index (χ1v) is 5.22. The van der Waals surface area contributed by atoms with E-state index in [9.17, 15) is 9.50 Å². The molecule has 2 aromatic rings. The van der Waals surface area contributed by atoms with Gasteiger partial charge in [0.15, 0.2) is 0 Å². The third-order valence-electron chi connectivity index (χ3n) is 2.50. The summed E-state index contributed by atoms with van der Waals surface area (Å²) in [5.41, 5.74) is 7.69. The fraction of sp³-hybridized carbons (Fsp3) is 0.0769. The molecule has 0 atom stereocenters. The van der Waals surface area contributed by atoms with Gasteiger partial charge in [0.2, 0.25) is 0 Å². The molecule has 88 valence electrons. The number of halogens is 1. The fourth-order valence-corrected chi connectivity index (χ4v) is 1.54. The molecule has 0 saturated carbocycles. The van der Waals surface area contributed by atoms with Crippen molar-refractivity contribution in [2.24, 2.45) is 0 Å². The minimum Gasteiger partial charge on any atom is -0.508 e. The maximum absolute atomic E-state index is 12.7. The van der Waals surface area contributed by atoms with Gasteiger partial charge in [-0.3, -0.25) is 0 Å². The van der Waals surface area contributed by atoms with Gasteiger partial charge in [0.05, 0.1) is 0 Å². The van der Waals surface area contributed by atoms with Gasteiger partial charge in [0.25, 0.3) is 0 Å². The van der Waals surface area contributed by atoms with E-state index in [0.29, 0.717) is 17.8 Å². The highest BCUT2D eigenvalue weighted by Crippen LogP contribution is 2.23. The molecule has 17 heavy (non-hydrogen) atoms. The molecule has 0 saturated heterocycles. The topological polar surface area (TPSA) is 58.3 Å². The van der Waals surface area contributed by atoms with Crippen LogP contribution in [0.2, 0.25) is 0 Å². The summed E-state index contributed by atoms with van der Waals surface area (Å²) >= 11 is 0. The van der Waals surface area contributed by atoms with Crippen LogP contribution >= 0.6 is 0 Å². The summed E-state index contributed by atoms with van der Waals surface area (Å²) in [6.07, 6.45) is 0. The van der Waals surface area contributed by atoms with E-state index in [-0.39, 0.29) is 11.6 Å². The molecule has 0 aromatic heterocycles. The molecule has 0 unspecified atom stereocenters. The molecule has 3 nitrogen and oxygen atoms in total. The summed E-state index contributed by atoms with van der Waals surface area (Å²) in [5.74, 6) is -0.128. The van der Waals surface area contributed by atoms with Gasteiger partial charge in [-0.2, -0.15) is 0 Å². The summed E-state index contributed by atoms with van der Waals surface area (Å²) in [6.45, 7) is 0.393. The molecule has 2 aromatic carbocycles. The highest BCUT2D eigenvalue weighted by atomic mass is 19.1. The Balaban J connectivity index is 2.10. The largest absolute Gasteiger partial charge is 0.508 e. The van der Waals surface area contributed by atoms with Gasteiger partial charge < -0.3 is 16.2 Å². The summed E-state index contributed by atoms with van der Waals surface area (Å²) in [6, 6.07) is 11.0. The minimum absolute atomic E-state index is 0.152. The maximum atomic E-state index is 12.7. The zero-order valence-corrected chi connectivity index (χ0v) is 9.15. The van der Waals surface area contributed by atoms with Crippen LogP contribution in [0.1, 0.15) is 5.56 Å². The summed E-state index contributed by atoms with van der Waals surface area (Å²) < 4.78 is 12.7. The van der Waals surface area contributed by atoms with Crippen LogP contribution in [0.3, 0.4) is 0 Å². The number of benzene rings is 2. The normalized spacial score (nSPS) is 10.2. The Hall–Kier alpha value is -2.23. The van der Waals surface area contributed by atoms with Crippen LogP contribution in [0, 0.1) is 5.82 Å². The van der Waals surface area contributed by atoms with Crippen molar-refractivity contribution in [3.8, 4) is 5.75 Å². The second-order valence-electron chi connectivity index (χ2n) is 3.71. The highest BCUT2D eigenvalue weighted by molar-refractivity contribution is 5.55. The van der Waals surface area contributed by atoms with E-state index in [1.54, 1.807) is 30.3 Å². The van der Waals surface area contributed by atoms with Crippen molar-refractivity contribution >= 4 is 11.4 Å². The van der Waals surface area contributed by atoms with Gasteiger partial charge in [0, 0.05) is 23.5 Å². The third kappa shape index (κ3) is 2.66. The molecule has 4 N–H and O–H groups in total. The lowest BCUT2D eigenvalue weighted by atomic mass is 10.1. The van der Waals surface area contributed by atoms with E-state index in [1.165, 1.54) is 12.1 Å². The number of aromatic hydroxyl groups is 1. The Morgan fingerprint density at radius 2 is 1.82 bits per heavy atom. The first-order valence-electron chi connectivity index (χ1n) is 5.22. The van der Waals surface area contributed by atoms with Gasteiger partial charge in [-0.15, -0.1) is 0 Å². The van der Waals surface area contributed by atoms with Gasteiger partial charge in [-0.05, 0) is 36.4 Å². The second kappa shape index (κ2) is 4.74. The van der Waals surface area contributed by atoms with E-state index >= 15 is 0 Å². The van der Waals surface area contributed by atoms with Crippen LogP contribution in [0.25, 0.3) is 0 Å². The van der Waals surface area contributed by atoms with Crippen molar-refractivity contribution in [1.29, 1.82) is 0 Å². The number of nitrogens with one attached hydrogen (secondary N) is 1. The predicted octanol–water partition coefficient (Wildman–Crippen LogP) is 2.73. The lowest BCUT2D eigenvalue weighted by Crippen LogP contribution is -2.03. The Labute approximate surface area is 98.7 Å². The molecule has 0 fully saturated rings. The number of hydrogen-bond donors (Lipinski definition) is 3. The molecule has 0 aliphatic carbocycles. The third-order valence-corrected chi connectivity index (χ3v) is 2.50. The molecule has 0 aliphatic heterocycles. The van der Waals surface area contributed by atoms with Crippen LogP contribution in [0.5, 0.6) is 5.75 Å². The standard InChI is InChI=1S/C13H13FN2O/c14-9-4-6-10(7-5-9)16-8-11-12(15)2-1-3-13(11)17/h1-7,16-17H,8,15H2. The van der Waals surface area contributed by atoms with Crippen molar-refractivity contribution in [3.63, 3.8) is 0 Å². The quantitative estimate of drug-likeness (QED) is 0.713. The SMILES string of the molecule is Nc1cccc(O)c1CNc1ccc(F)cc1. The molecule has 4 heteroatoms. The number of nitrogens with two attached hydrogens (primary N) is 1. The van der Waals surface area contributed by atoms with Gasteiger partial charge >= 0.3 is 0 Å². The van der Waals surface area contributed by atoms with Crippen molar-refractivity contribution in [2.45, 2.75) is 6.54 Å². The highest BCUT2D eigenvalue weighted by Gasteiger charge is 2.04. The van der Waals surface area contributed by atoms with Crippen molar-refractivity contribution in [3.05, 3.63) is 53.8 Å². The monoisotopic (exact) mass is 232 g/mol. The van der Waals surface area contributed by atoms with E-state index in [4.69, 9.17) is 5.73 Å². The maximum Gasteiger partial charge on any atom is 0.123 e. The van der Waals surface area contributed by atoms with Crippen molar-refractivity contribution in [1.82, 2.24) is 0 Å². The second-order valence-corrected chi connectivity index (χ2v) is 3.71. The lowest BCUT2D eigenvalue weighted by Gasteiger charge is -2.10. The predicted molar refractivity (Wildman–Crippen MR) is 66.2 cm³/mol. The lowest BCUT2D eigenvalue weighted by molar-refractivity contribution is 0.469. The number of phenols is 1. The zero-order valence-electron chi connectivity index (χ0n) is 9.15. The van der Waals surface area contributed by atoms with E-state index in [2.05, 4.69) is 5.32 Å².